The predicted molar refractivity (Wildman–Crippen MR) is 84.4 cm³/mol. The SMILES string of the molecule is C=CCc1ccc(OC(=O)c2ccc3c(c2)OCO3)c(OC)c1. The molecule has 0 bridgehead atoms. The van der Waals surface area contributed by atoms with Crippen molar-refractivity contribution in [3.63, 3.8) is 0 Å². The highest BCUT2D eigenvalue weighted by atomic mass is 16.7. The van der Waals surface area contributed by atoms with Gasteiger partial charge in [-0.3, -0.25) is 0 Å². The molecule has 1 heterocycles. The first-order chi connectivity index (χ1) is 11.2. The molecule has 5 heteroatoms. The summed E-state index contributed by atoms with van der Waals surface area (Å²) in [7, 11) is 1.53. The lowest BCUT2D eigenvalue weighted by molar-refractivity contribution is 0.0729. The molecule has 3 rings (SSSR count). The molecule has 0 unspecified atom stereocenters. The van der Waals surface area contributed by atoms with E-state index in [1.807, 2.05) is 12.1 Å². The number of benzene rings is 2. The standard InChI is InChI=1S/C18H16O5/c1-3-4-12-5-7-15(16(9-12)20-2)23-18(19)13-6-8-14-17(10-13)22-11-21-14/h3,5-10H,1,4,11H2,2H3. The maximum atomic E-state index is 12.3. The molecule has 0 atom stereocenters. The van der Waals surface area contributed by atoms with Gasteiger partial charge in [-0.2, -0.15) is 0 Å². The van der Waals surface area contributed by atoms with Gasteiger partial charge in [0.05, 0.1) is 12.7 Å². The van der Waals surface area contributed by atoms with Crippen molar-refractivity contribution in [1.82, 2.24) is 0 Å². The van der Waals surface area contributed by atoms with Gasteiger partial charge in [-0.1, -0.05) is 12.1 Å². The van der Waals surface area contributed by atoms with Gasteiger partial charge < -0.3 is 18.9 Å². The van der Waals surface area contributed by atoms with E-state index in [2.05, 4.69) is 6.58 Å². The number of hydrogen-bond donors (Lipinski definition) is 0. The molecule has 0 N–H and O–H groups in total. The van der Waals surface area contributed by atoms with Crippen LogP contribution in [-0.2, 0) is 6.42 Å². The van der Waals surface area contributed by atoms with Crippen LogP contribution in [0.15, 0.2) is 49.1 Å². The Kier molecular flexibility index (Phi) is 4.19. The van der Waals surface area contributed by atoms with E-state index in [9.17, 15) is 4.79 Å². The van der Waals surface area contributed by atoms with Crippen LogP contribution in [0.25, 0.3) is 0 Å². The van der Waals surface area contributed by atoms with E-state index in [1.54, 1.807) is 30.3 Å². The van der Waals surface area contributed by atoms with Crippen molar-refractivity contribution in [2.24, 2.45) is 0 Å². The van der Waals surface area contributed by atoms with E-state index in [4.69, 9.17) is 18.9 Å². The van der Waals surface area contributed by atoms with Crippen LogP contribution in [0.1, 0.15) is 15.9 Å². The number of hydrogen-bond acceptors (Lipinski definition) is 5. The van der Waals surface area contributed by atoms with Gasteiger partial charge in [0.2, 0.25) is 6.79 Å². The van der Waals surface area contributed by atoms with Crippen molar-refractivity contribution < 1.29 is 23.7 Å². The summed E-state index contributed by atoms with van der Waals surface area (Å²) in [6.07, 6.45) is 2.51. The molecule has 0 aromatic heterocycles. The van der Waals surface area contributed by atoms with Gasteiger partial charge in [0.1, 0.15) is 0 Å². The van der Waals surface area contributed by atoms with E-state index in [1.165, 1.54) is 7.11 Å². The van der Waals surface area contributed by atoms with Crippen LogP contribution in [0.5, 0.6) is 23.0 Å². The molecule has 0 radical (unpaired) electrons. The molecule has 5 nitrogen and oxygen atoms in total. The monoisotopic (exact) mass is 312 g/mol. The zero-order chi connectivity index (χ0) is 16.2. The van der Waals surface area contributed by atoms with E-state index in [0.29, 0.717) is 35.0 Å². The second kappa shape index (κ2) is 6.44. The van der Waals surface area contributed by atoms with E-state index >= 15 is 0 Å². The van der Waals surface area contributed by atoms with Gasteiger partial charge in [-0.05, 0) is 42.3 Å². The number of carbonyl (C=O) groups excluding carboxylic acids is 1. The highest BCUT2D eigenvalue weighted by Gasteiger charge is 2.18. The average molecular weight is 312 g/mol. The van der Waals surface area contributed by atoms with Crippen molar-refractivity contribution in [2.75, 3.05) is 13.9 Å². The zero-order valence-electron chi connectivity index (χ0n) is 12.7. The van der Waals surface area contributed by atoms with Gasteiger partial charge in [-0.25, -0.2) is 4.79 Å². The Morgan fingerprint density at radius 1 is 1.17 bits per heavy atom. The Bertz CT molecular complexity index is 751. The average Bonchev–Trinajstić information content (AvgIpc) is 3.04. The molecule has 1 aliphatic heterocycles. The summed E-state index contributed by atoms with van der Waals surface area (Å²) < 4.78 is 21.2. The predicted octanol–water partition coefficient (Wildman–Crippen LogP) is 3.37. The summed E-state index contributed by atoms with van der Waals surface area (Å²) in [5.41, 5.74) is 1.41. The minimum Gasteiger partial charge on any atom is -0.493 e. The minimum absolute atomic E-state index is 0.159. The number of rotatable bonds is 5. The smallest absolute Gasteiger partial charge is 0.343 e. The Morgan fingerprint density at radius 3 is 2.78 bits per heavy atom. The van der Waals surface area contributed by atoms with Crippen LogP contribution in [0.2, 0.25) is 0 Å². The summed E-state index contributed by atoms with van der Waals surface area (Å²) >= 11 is 0. The first-order valence-electron chi connectivity index (χ1n) is 7.11. The molecule has 118 valence electrons. The lowest BCUT2D eigenvalue weighted by Crippen LogP contribution is -2.09. The Morgan fingerprint density at radius 2 is 2.00 bits per heavy atom. The van der Waals surface area contributed by atoms with Crippen LogP contribution >= 0.6 is 0 Å². The summed E-state index contributed by atoms with van der Waals surface area (Å²) in [5, 5.41) is 0. The zero-order valence-corrected chi connectivity index (χ0v) is 12.7. The van der Waals surface area contributed by atoms with Crippen molar-refractivity contribution in [3.05, 3.63) is 60.2 Å². The first-order valence-corrected chi connectivity index (χ1v) is 7.11. The largest absolute Gasteiger partial charge is 0.493 e. The Hall–Kier alpha value is -2.95. The Labute approximate surface area is 134 Å². The van der Waals surface area contributed by atoms with Gasteiger partial charge in [0.15, 0.2) is 23.0 Å². The number of carbonyl (C=O) groups is 1. The highest BCUT2D eigenvalue weighted by molar-refractivity contribution is 5.92. The fraction of sp³-hybridized carbons (Fsp3) is 0.167. The third-order valence-electron chi connectivity index (χ3n) is 3.42. The third-order valence-corrected chi connectivity index (χ3v) is 3.42. The maximum Gasteiger partial charge on any atom is 0.343 e. The fourth-order valence-corrected chi connectivity index (χ4v) is 2.27. The molecule has 0 fully saturated rings. The number of ether oxygens (including phenoxy) is 4. The minimum atomic E-state index is -0.488. The molecule has 0 saturated heterocycles. The van der Waals surface area contributed by atoms with Gasteiger partial charge in [0.25, 0.3) is 0 Å². The molecule has 0 spiro atoms. The summed E-state index contributed by atoms with van der Waals surface area (Å²) in [6, 6.07) is 10.3. The van der Waals surface area contributed by atoms with Crippen LogP contribution in [0.3, 0.4) is 0 Å². The number of allylic oxidation sites excluding steroid dienone is 1. The van der Waals surface area contributed by atoms with Crippen LogP contribution in [0, 0.1) is 0 Å². The molecule has 0 aliphatic carbocycles. The quantitative estimate of drug-likeness (QED) is 0.481. The van der Waals surface area contributed by atoms with E-state index in [-0.39, 0.29) is 6.79 Å². The van der Waals surface area contributed by atoms with E-state index < -0.39 is 5.97 Å². The first kappa shape index (κ1) is 15.0. The molecular weight excluding hydrogens is 296 g/mol. The van der Waals surface area contributed by atoms with Crippen LogP contribution in [0.4, 0.5) is 0 Å². The summed E-state index contributed by atoms with van der Waals surface area (Å²) in [5.74, 6) is 1.53. The molecule has 0 saturated carbocycles. The van der Waals surface area contributed by atoms with Crippen molar-refractivity contribution in [3.8, 4) is 23.0 Å². The fourth-order valence-electron chi connectivity index (χ4n) is 2.27. The molecule has 2 aromatic rings. The molecular formula is C18H16O5. The van der Waals surface area contributed by atoms with E-state index in [0.717, 1.165) is 5.56 Å². The lowest BCUT2D eigenvalue weighted by atomic mass is 10.1. The molecule has 23 heavy (non-hydrogen) atoms. The van der Waals surface area contributed by atoms with Crippen molar-refractivity contribution in [1.29, 1.82) is 0 Å². The highest BCUT2D eigenvalue weighted by Crippen LogP contribution is 2.34. The number of methoxy groups -OCH3 is 1. The molecule has 1 aliphatic rings. The Balaban J connectivity index is 1.81. The number of esters is 1. The van der Waals surface area contributed by atoms with Gasteiger partial charge in [0, 0.05) is 0 Å². The van der Waals surface area contributed by atoms with Crippen LogP contribution in [-0.4, -0.2) is 19.9 Å². The normalized spacial score (nSPS) is 11.9. The maximum absolute atomic E-state index is 12.3. The lowest BCUT2D eigenvalue weighted by Gasteiger charge is -2.10. The van der Waals surface area contributed by atoms with Crippen LogP contribution < -0.4 is 18.9 Å². The van der Waals surface area contributed by atoms with Gasteiger partial charge >= 0.3 is 5.97 Å². The molecule has 2 aromatic carbocycles. The summed E-state index contributed by atoms with van der Waals surface area (Å²) in [4.78, 5) is 12.3. The van der Waals surface area contributed by atoms with Crippen molar-refractivity contribution >= 4 is 5.97 Å². The summed E-state index contributed by atoms with van der Waals surface area (Å²) in [6.45, 7) is 3.86. The second-order valence-corrected chi connectivity index (χ2v) is 4.94. The molecule has 0 amide bonds. The second-order valence-electron chi connectivity index (χ2n) is 4.94. The number of fused-ring (bicyclic) bond motifs is 1. The third kappa shape index (κ3) is 3.13. The topological polar surface area (TPSA) is 54.0 Å². The van der Waals surface area contributed by atoms with Gasteiger partial charge in [-0.15, -0.1) is 6.58 Å². The van der Waals surface area contributed by atoms with Crippen molar-refractivity contribution in [2.45, 2.75) is 6.42 Å².